The van der Waals surface area contributed by atoms with Gasteiger partial charge in [0.1, 0.15) is 16.7 Å². The van der Waals surface area contributed by atoms with Crippen LogP contribution in [-0.2, 0) is 0 Å². The van der Waals surface area contributed by atoms with Crippen LogP contribution in [0.15, 0.2) is 423 Å². The standard InChI is InChI=1S/C25H17NO.4C24H16N2O/c1-16-13-14-22-20(15-16)17-7-2-4-10-21(17)26(22)23-11-6-9-19-18-8-3-5-12-24(18)27-25(19)23;1-15-10-11-22-19(12-15)17-6-2-4-8-21(17)26(22)16-13-20-18-7-3-5-9-23(18)27-24(20)25-14-16;1-15-11-12-21-19(14-15)16-6-2-3-9-20(16)26(21)22-10-4-7-17-18-8-5-13-25-24(18)27-23(17)22;1-15-9-10-21-19(13-15)16-5-2-3-7-20(16)26(21)22-8-4-6-18-17-11-12-25-14-23(17)27-24(18)22;1-15-6-8-22-19(12-15)17-4-2-3-5-21(17)26(22)16-7-9-23-20(13-16)18-10-11-25-14-24(18)27-23/h2-15H,1H3;4*2-14H,1H3. The number of hydrogen-bond donors (Lipinski definition) is 0. The topological polar surface area (TPSA) is 142 Å². The third-order valence-electron chi connectivity index (χ3n) is 26.8. The van der Waals surface area contributed by atoms with Crippen LogP contribution in [-0.4, -0.2) is 42.8 Å². The lowest BCUT2D eigenvalue weighted by Gasteiger charge is -2.08. The molecule has 0 bridgehead atoms. The molecule has 14 nitrogen and oxygen atoms in total. The molecule has 14 heteroatoms. The van der Waals surface area contributed by atoms with Crippen LogP contribution in [0.1, 0.15) is 27.8 Å². The molecular weight excluding hydrogens is 1660 g/mol. The Hall–Kier alpha value is -17.9. The fourth-order valence-corrected chi connectivity index (χ4v) is 20.8. The molecule has 640 valence electrons. The number of benzene rings is 16. The van der Waals surface area contributed by atoms with E-state index >= 15 is 0 Å². The second-order valence-corrected chi connectivity index (χ2v) is 35.2. The van der Waals surface area contributed by atoms with Crippen LogP contribution in [0.5, 0.6) is 0 Å². The van der Waals surface area contributed by atoms with Crippen LogP contribution in [0.25, 0.3) is 247 Å². The zero-order valence-electron chi connectivity index (χ0n) is 74.2. The van der Waals surface area contributed by atoms with Crippen molar-refractivity contribution in [3.05, 3.63) is 429 Å². The number of aromatic nitrogens is 9. The van der Waals surface area contributed by atoms with E-state index in [1.807, 2.05) is 67.1 Å². The van der Waals surface area contributed by atoms with E-state index in [2.05, 4.69) is 393 Å². The summed E-state index contributed by atoms with van der Waals surface area (Å²) in [5.41, 5.74) is 32.0. The minimum atomic E-state index is 0.677. The van der Waals surface area contributed by atoms with E-state index in [0.29, 0.717) is 11.4 Å². The van der Waals surface area contributed by atoms with Gasteiger partial charge in [-0.1, -0.05) is 222 Å². The molecule has 0 radical (unpaired) electrons. The molecule has 0 N–H and O–H groups in total. The van der Waals surface area contributed by atoms with Gasteiger partial charge in [-0.05, 0) is 204 Å². The Morgan fingerprint density at radius 3 is 0.963 bits per heavy atom. The van der Waals surface area contributed by atoms with Crippen molar-refractivity contribution in [2.75, 3.05) is 0 Å². The second kappa shape index (κ2) is 31.2. The van der Waals surface area contributed by atoms with Gasteiger partial charge in [-0.15, -0.1) is 0 Å². The predicted molar refractivity (Wildman–Crippen MR) is 555 cm³/mol. The number of rotatable bonds is 5. The quantitative estimate of drug-likeness (QED) is 0.165. The Balaban J connectivity index is 0.0000000878. The van der Waals surface area contributed by atoms with Gasteiger partial charge in [-0.3, -0.25) is 9.97 Å². The highest BCUT2D eigenvalue weighted by Gasteiger charge is 2.25. The van der Waals surface area contributed by atoms with Crippen LogP contribution < -0.4 is 0 Å². The molecule has 30 aromatic rings. The van der Waals surface area contributed by atoms with Crippen molar-refractivity contribution in [1.82, 2.24) is 42.8 Å². The summed E-state index contributed by atoms with van der Waals surface area (Å²) in [5.74, 6) is 0. The monoisotopic (exact) mass is 1740 g/mol. The zero-order valence-corrected chi connectivity index (χ0v) is 74.2. The average molecular weight is 1740 g/mol. The minimum Gasteiger partial charge on any atom is -0.454 e. The largest absolute Gasteiger partial charge is 0.454 e. The summed E-state index contributed by atoms with van der Waals surface area (Å²) in [4.78, 5) is 17.4. The molecule has 0 aliphatic heterocycles. The molecule has 0 fully saturated rings. The van der Waals surface area contributed by atoms with Crippen LogP contribution in [0.4, 0.5) is 0 Å². The summed E-state index contributed by atoms with van der Waals surface area (Å²) in [6, 6.07) is 128. The normalized spacial score (nSPS) is 11.9. The van der Waals surface area contributed by atoms with Gasteiger partial charge in [0.15, 0.2) is 27.9 Å². The van der Waals surface area contributed by atoms with Gasteiger partial charge in [-0.2, -0.15) is 0 Å². The molecule has 0 spiro atoms. The van der Waals surface area contributed by atoms with E-state index < -0.39 is 0 Å². The van der Waals surface area contributed by atoms with Crippen molar-refractivity contribution in [2.24, 2.45) is 0 Å². The van der Waals surface area contributed by atoms with E-state index in [1.165, 1.54) is 137 Å². The molecule has 135 heavy (non-hydrogen) atoms. The second-order valence-electron chi connectivity index (χ2n) is 35.2. The Morgan fingerprint density at radius 2 is 0.496 bits per heavy atom. The summed E-state index contributed by atoms with van der Waals surface area (Å²) < 4.78 is 42.2. The number of fused-ring (bicyclic) bond motifs is 30. The van der Waals surface area contributed by atoms with Gasteiger partial charge < -0.3 is 44.9 Å². The third-order valence-corrected chi connectivity index (χ3v) is 26.8. The molecule has 0 aliphatic rings. The van der Waals surface area contributed by atoms with Crippen molar-refractivity contribution in [2.45, 2.75) is 34.6 Å². The van der Waals surface area contributed by atoms with Crippen LogP contribution in [0, 0.1) is 34.6 Å². The molecule has 0 saturated carbocycles. The first-order chi connectivity index (χ1) is 66.5. The molecular formula is C121H81N9O5. The molecule has 14 aromatic heterocycles. The number of nitrogens with zero attached hydrogens (tertiary/aromatic N) is 9. The van der Waals surface area contributed by atoms with E-state index in [-0.39, 0.29) is 0 Å². The highest BCUT2D eigenvalue weighted by Crippen LogP contribution is 2.45. The summed E-state index contributed by atoms with van der Waals surface area (Å²) in [6.07, 6.45) is 10.9. The Morgan fingerprint density at radius 1 is 0.178 bits per heavy atom. The number of furan rings is 5. The molecule has 0 aliphatic carbocycles. The van der Waals surface area contributed by atoms with E-state index in [1.54, 1.807) is 18.6 Å². The number of pyridine rings is 4. The van der Waals surface area contributed by atoms with Gasteiger partial charge >= 0.3 is 0 Å². The molecule has 0 atom stereocenters. The number of para-hydroxylation sites is 10. The molecule has 0 unspecified atom stereocenters. The predicted octanol–water partition coefficient (Wildman–Crippen LogP) is 32.5. The highest BCUT2D eigenvalue weighted by atomic mass is 16.4. The van der Waals surface area contributed by atoms with Gasteiger partial charge in [0.2, 0.25) is 11.4 Å². The van der Waals surface area contributed by atoms with Gasteiger partial charge in [0.05, 0.1) is 102 Å². The summed E-state index contributed by atoms with van der Waals surface area (Å²) in [5, 5.41) is 23.7. The fraction of sp³-hybridized carbons (Fsp3) is 0.0413. The van der Waals surface area contributed by atoms with Crippen molar-refractivity contribution in [3.63, 3.8) is 0 Å². The Kier molecular flexibility index (Phi) is 18.1. The first-order valence-corrected chi connectivity index (χ1v) is 45.5. The molecule has 14 heterocycles. The molecule has 0 saturated heterocycles. The fourth-order valence-electron chi connectivity index (χ4n) is 20.8. The van der Waals surface area contributed by atoms with Crippen molar-refractivity contribution >= 4 is 219 Å². The van der Waals surface area contributed by atoms with E-state index in [0.717, 1.165) is 127 Å². The summed E-state index contributed by atoms with van der Waals surface area (Å²) in [6.45, 7) is 10.7. The first kappa shape index (κ1) is 78.2. The van der Waals surface area contributed by atoms with Crippen LogP contribution >= 0.6 is 0 Å². The average Bonchev–Trinajstić information content (AvgIpc) is 1.57. The molecule has 30 rings (SSSR count). The lowest BCUT2D eigenvalue weighted by atomic mass is 10.1. The Labute approximate surface area is 770 Å². The highest BCUT2D eigenvalue weighted by molar-refractivity contribution is 6.18. The van der Waals surface area contributed by atoms with Crippen molar-refractivity contribution < 1.29 is 22.1 Å². The van der Waals surface area contributed by atoms with Crippen molar-refractivity contribution in [3.8, 4) is 28.4 Å². The van der Waals surface area contributed by atoms with Crippen LogP contribution in [0.2, 0.25) is 0 Å². The van der Waals surface area contributed by atoms with Gasteiger partial charge in [0, 0.05) is 127 Å². The smallest absolute Gasteiger partial charge is 0.227 e. The van der Waals surface area contributed by atoms with E-state index in [9.17, 15) is 0 Å². The van der Waals surface area contributed by atoms with E-state index in [4.69, 9.17) is 22.1 Å². The maximum absolute atomic E-state index is 6.31. The number of aryl methyl sites for hydroxylation is 5. The maximum Gasteiger partial charge on any atom is 0.227 e. The SMILES string of the molecule is Cc1ccc2c(c1)c1ccccc1n2-c1ccc2oc3cnccc3c2c1.Cc1ccc2c(c1)c1ccccc1n2-c1cccc2c1oc1ccccc12.Cc1ccc2c(c1)c1ccccc1n2-c1cccc2c1oc1cnccc12.Cc1ccc2c(c1)c1ccccc1n2-c1cccc2c1oc1ncccc12.Cc1ccc2c(c1)c1ccccc1n2-c1cnc2oc3ccccc3c2c1. The zero-order chi connectivity index (χ0) is 89.8. The molecule has 16 aromatic carbocycles. The summed E-state index contributed by atoms with van der Waals surface area (Å²) >= 11 is 0. The Bertz CT molecular complexity index is 9290. The van der Waals surface area contributed by atoms with Gasteiger partial charge in [-0.25, -0.2) is 9.97 Å². The minimum absolute atomic E-state index is 0.677. The van der Waals surface area contributed by atoms with Crippen molar-refractivity contribution in [1.29, 1.82) is 0 Å². The molecule has 0 amide bonds. The maximum atomic E-state index is 6.31. The van der Waals surface area contributed by atoms with Gasteiger partial charge in [0.25, 0.3) is 0 Å². The first-order valence-electron chi connectivity index (χ1n) is 45.5. The lowest BCUT2D eigenvalue weighted by molar-refractivity contribution is 0.651. The third kappa shape index (κ3) is 12.7. The van der Waals surface area contributed by atoms with Crippen LogP contribution in [0.3, 0.4) is 0 Å². The summed E-state index contributed by atoms with van der Waals surface area (Å²) in [7, 11) is 0. The number of hydrogen-bond acceptors (Lipinski definition) is 9. The lowest BCUT2D eigenvalue weighted by Crippen LogP contribution is -1.94.